The van der Waals surface area contributed by atoms with Gasteiger partial charge >= 0.3 is 0 Å². The zero-order valence-corrected chi connectivity index (χ0v) is 12.4. The van der Waals surface area contributed by atoms with Crippen molar-refractivity contribution in [3.63, 3.8) is 0 Å². The third-order valence-electron chi connectivity index (χ3n) is 3.64. The van der Waals surface area contributed by atoms with E-state index in [1.54, 1.807) is 30.7 Å². The minimum Gasteiger partial charge on any atom is -0.384 e. The summed E-state index contributed by atoms with van der Waals surface area (Å²) >= 11 is 1.67. The lowest BCUT2D eigenvalue weighted by Crippen LogP contribution is -2.36. The van der Waals surface area contributed by atoms with Crippen LogP contribution in [0.1, 0.15) is 25.1 Å². The summed E-state index contributed by atoms with van der Waals surface area (Å²) in [6.45, 7) is 1.42. The first-order valence-electron chi connectivity index (χ1n) is 6.51. The van der Waals surface area contributed by atoms with E-state index in [1.165, 1.54) is 19.3 Å². The maximum absolute atomic E-state index is 5.99. The summed E-state index contributed by atoms with van der Waals surface area (Å²) in [6, 6.07) is 0. The summed E-state index contributed by atoms with van der Waals surface area (Å²) in [4.78, 5) is 0. The molecule has 0 aliphatic heterocycles. The maximum Gasteiger partial charge on any atom is 0.209 e. The van der Waals surface area contributed by atoms with E-state index in [0.717, 1.165) is 23.3 Å². The van der Waals surface area contributed by atoms with Crippen molar-refractivity contribution in [2.24, 2.45) is 5.41 Å². The van der Waals surface area contributed by atoms with Crippen LogP contribution in [0.5, 0.6) is 0 Å². The van der Waals surface area contributed by atoms with E-state index in [1.807, 2.05) is 0 Å². The third kappa shape index (κ3) is 3.40. The van der Waals surface area contributed by atoms with Crippen LogP contribution in [-0.2, 0) is 15.9 Å². The fourth-order valence-electron chi connectivity index (χ4n) is 2.30. The van der Waals surface area contributed by atoms with Crippen molar-refractivity contribution >= 4 is 11.8 Å². The first-order valence-corrected chi connectivity index (χ1v) is 7.49. The van der Waals surface area contributed by atoms with Crippen molar-refractivity contribution in [1.82, 2.24) is 14.9 Å². The molecule has 2 N–H and O–H groups in total. The van der Waals surface area contributed by atoms with E-state index < -0.39 is 0 Å². The Hall–Kier alpha value is -0.790. The number of methoxy groups -OCH3 is 2. The van der Waals surface area contributed by atoms with Crippen molar-refractivity contribution in [2.75, 3.05) is 39.0 Å². The predicted molar refractivity (Wildman–Crippen MR) is 74.6 cm³/mol. The van der Waals surface area contributed by atoms with Crippen molar-refractivity contribution in [2.45, 2.75) is 30.8 Å². The molecule has 0 radical (unpaired) electrons. The number of aromatic nitrogens is 3. The van der Waals surface area contributed by atoms with Gasteiger partial charge in [0.1, 0.15) is 0 Å². The molecule has 108 valence electrons. The summed E-state index contributed by atoms with van der Waals surface area (Å²) < 4.78 is 11.9. The van der Waals surface area contributed by atoms with Crippen molar-refractivity contribution in [3.8, 4) is 0 Å². The summed E-state index contributed by atoms with van der Waals surface area (Å²) in [5.74, 6) is 7.74. The minimum atomic E-state index is 0.304. The second-order valence-corrected chi connectivity index (χ2v) is 6.03. The van der Waals surface area contributed by atoms with Gasteiger partial charge in [-0.15, -0.1) is 10.2 Å². The van der Waals surface area contributed by atoms with Gasteiger partial charge in [0.25, 0.3) is 0 Å². The van der Waals surface area contributed by atoms with Crippen LogP contribution in [0.15, 0.2) is 5.16 Å². The second kappa shape index (κ2) is 6.58. The molecule has 1 aliphatic carbocycles. The largest absolute Gasteiger partial charge is 0.384 e. The number of nitrogen functional groups attached to an aromatic ring is 1. The van der Waals surface area contributed by atoms with Gasteiger partial charge in [0.2, 0.25) is 5.16 Å². The lowest BCUT2D eigenvalue weighted by Gasteiger charge is -2.40. The van der Waals surface area contributed by atoms with E-state index in [2.05, 4.69) is 10.2 Å². The van der Waals surface area contributed by atoms with E-state index in [4.69, 9.17) is 15.3 Å². The molecule has 1 aromatic rings. The molecule has 6 nitrogen and oxygen atoms in total. The molecule has 0 spiro atoms. The van der Waals surface area contributed by atoms with Gasteiger partial charge in [-0.25, -0.2) is 4.68 Å². The van der Waals surface area contributed by atoms with Gasteiger partial charge in [0.05, 0.1) is 13.2 Å². The van der Waals surface area contributed by atoms with Crippen molar-refractivity contribution in [3.05, 3.63) is 5.82 Å². The van der Waals surface area contributed by atoms with Crippen LogP contribution in [0, 0.1) is 5.41 Å². The highest BCUT2D eigenvalue weighted by Gasteiger charge is 2.37. The summed E-state index contributed by atoms with van der Waals surface area (Å²) in [5, 5.41) is 9.02. The van der Waals surface area contributed by atoms with Crippen molar-refractivity contribution < 1.29 is 9.47 Å². The number of rotatable bonds is 8. The highest BCUT2D eigenvalue weighted by Crippen LogP contribution is 2.44. The quantitative estimate of drug-likeness (QED) is 0.569. The number of hydrogen-bond acceptors (Lipinski definition) is 6. The molecule has 0 atom stereocenters. The normalized spacial score (nSPS) is 17.4. The number of hydrogen-bond donors (Lipinski definition) is 1. The van der Waals surface area contributed by atoms with Gasteiger partial charge in [-0.2, -0.15) is 0 Å². The molecular formula is C12H22N4O2S. The summed E-state index contributed by atoms with van der Waals surface area (Å²) in [5.41, 5.74) is 0.304. The number of nitrogens with two attached hydrogens (primary N) is 1. The van der Waals surface area contributed by atoms with E-state index >= 15 is 0 Å². The molecule has 0 saturated heterocycles. The Bertz CT molecular complexity index is 406. The molecule has 0 amide bonds. The zero-order chi connectivity index (χ0) is 13.7. The molecule has 7 heteroatoms. The Morgan fingerprint density at radius 3 is 2.68 bits per heavy atom. The predicted octanol–water partition coefficient (Wildman–Crippen LogP) is 1.09. The van der Waals surface area contributed by atoms with Crippen LogP contribution < -0.4 is 5.84 Å². The smallest absolute Gasteiger partial charge is 0.209 e. The van der Waals surface area contributed by atoms with Gasteiger partial charge in [-0.05, 0) is 12.8 Å². The highest BCUT2D eigenvalue weighted by atomic mass is 32.2. The molecule has 0 bridgehead atoms. The molecule has 2 rings (SSSR count). The van der Waals surface area contributed by atoms with Gasteiger partial charge in [-0.3, -0.25) is 0 Å². The van der Waals surface area contributed by atoms with Crippen LogP contribution in [-0.4, -0.2) is 48.1 Å². The lowest BCUT2D eigenvalue weighted by atomic mass is 9.71. The fourth-order valence-corrected chi connectivity index (χ4v) is 3.45. The zero-order valence-electron chi connectivity index (χ0n) is 11.6. The summed E-state index contributed by atoms with van der Waals surface area (Å²) in [6.07, 6.45) is 4.42. The van der Waals surface area contributed by atoms with E-state index in [9.17, 15) is 0 Å². The van der Waals surface area contributed by atoms with E-state index in [-0.39, 0.29) is 0 Å². The van der Waals surface area contributed by atoms with Crippen LogP contribution in [0.3, 0.4) is 0 Å². The van der Waals surface area contributed by atoms with Gasteiger partial charge in [-0.1, -0.05) is 18.2 Å². The molecule has 19 heavy (non-hydrogen) atoms. The molecule has 1 aliphatic rings. The van der Waals surface area contributed by atoms with Gasteiger partial charge in [0, 0.05) is 31.8 Å². The molecule has 0 aromatic carbocycles. The second-order valence-electron chi connectivity index (χ2n) is 5.09. The SMILES string of the molecule is COCCc1nnc(SCC2(COC)CCC2)n1N. The summed E-state index contributed by atoms with van der Waals surface area (Å²) in [7, 11) is 3.43. The fraction of sp³-hybridized carbons (Fsp3) is 0.833. The monoisotopic (exact) mass is 286 g/mol. The van der Waals surface area contributed by atoms with Crippen LogP contribution in [0.2, 0.25) is 0 Å². The lowest BCUT2D eigenvalue weighted by molar-refractivity contribution is 0.0371. The minimum absolute atomic E-state index is 0.304. The van der Waals surface area contributed by atoms with Crippen LogP contribution in [0.25, 0.3) is 0 Å². The Balaban J connectivity index is 1.90. The first kappa shape index (κ1) is 14.6. The van der Waals surface area contributed by atoms with Crippen LogP contribution in [0.4, 0.5) is 0 Å². The molecule has 1 heterocycles. The Morgan fingerprint density at radius 2 is 2.11 bits per heavy atom. The molecular weight excluding hydrogens is 264 g/mol. The van der Waals surface area contributed by atoms with Crippen molar-refractivity contribution in [1.29, 1.82) is 0 Å². The Morgan fingerprint density at radius 1 is 1.32 bits per heavy atom. The molecule has 1 fully saturated rings. The number of ether oxygens (including phenoxy) is 2. The third-order valence-corrected chi connectivity index (χ3v) is 4.93. The molecule has 1 aromatic heterocycles. The Labute approximate surface area is 118 Å². The molecule has 0 unspecified atom stereocenters. The Kier molecular flexibility index (Phi) is 5.06. The maximum atomic E-state index is 5.99. The molecule has 1 saturated carbocycles. The van der Waals surface area contributed by atoms with Gasteiger partial charge < -0.3 is 15.3 Å². The topological polar surface area (TPSA) is 75.2 Å². The number of nitrogens with zero attached hydrogens (tertiary/aromatic N) is 3. The van der Waals surface area contributed by atoms with E-state index in [0.29, 0.717) is 18.4 Å². The van der Waals surface area contributed by atoms with Gasteiger partial charge in [0.15, 0.2) is 5.82 Å². The average Bonchev–Trinajstić information content (AvgIpc) is 2.71. The van der Waals surface area contributed by atoms with Crippen LogP contribution >= 0.6 is 11.8 Å². The average molecular weight is 286 g/mol. The highest BCUT2D eigenvalue weighted by molar-refractivity contribution is 7.99. The number of thioether (sulfide) groups is 1. The standard InChI is InChI=1S/C12H22N4O2S/c1-17-7-4-10-14-15-11(16(10)13)19-9-12(8-18-2)5-3-6-12/h3-9,13H2,1-2H3. The first-order chi connectivity index (χ1) is 9.21.